The van der Waals surface area contributed by atoms with Crippen LogP contribution in [0.3, 0.4) is 0 Å². The van der Waals surface area contributed by atoms with Crippen LogP contribution in [-0.2, 0) is 16.0 Å². The topological polar surface area (TPSA) is 81.5 Å². The first-order valence-corrected chi connectivity index (χ1v) is 9.65. The molecule has 0 bridgehead atoms. The lowest BCUT2D eigenvalue weighted by atomic mass is 10.1. The van der Waals surface area contributed by atoms with Gasteiger partial charge in [-0.2, -0.15) is 0 Å². The van der Waals surface area contributed by atoms with Gasteiger partial charge in [-0.1, -0.05) is 21.1 Å². The van der Waals surface area contributed by atoms with Crippen molar-refractivity contribution >= 4 is 33.2 Å². The fourth-order valence-electron chi connectivity index (χ4n) is 3.01. The fraction of sp³-hybridized carbons (Fsp3) is 0.500. The number of nitrogens with one attached hydrogen (secondary N) is 1. The number of carbonyl (C=O) groups excluding carboxylic acids is 1. The van der Waals surface area contributed by atoms with Gasteiger partial charge in [-0.25, -0.2) is 4.68 Å². The van der Waals surface area contributed by atoms with Crippen molar-refractivity contribution in [3.63, 3.8) is 0 Å². The van der Waals surface area contributed by atoms with E-state index in [1.54, 1.807) is 10.9 Å². The Hall–Kier alpha value is -1.97. The molecule has 2 heterocycles. The summed E-state index contributed by atoms with van der Waals surface area (Å²) in [5.74, 6) is -0.311. The Morgan fingerprint density at radius 2 is 2.11 bits per heavy atom. The Morgan fingerprint density at radius 3 is 2.78 bits per heavy atom. The van der Waals surface area contributed by atoms with Crippen LogP contribution < -0.4 is 10.2 Å². The zero-order valence-electron chi connectivity index (χ0n) is 15.3. The maximum atomic E-state index is 12.6. The van der Waals surface area contributed by atoms with E-state index >= 15 is 0 Å². The first-order valence-electron chi connectivity index (χ1n) is 8.86. The molecule has 27 heavy (non-hydrogen) atoms. The number of hydrogen-bond donors (Lipinski definition) is 1. The number of nitrogens with zero attached hydrogens (tertiary/aromatic N) is 4. The van der Waals surface area contributed by atoms with Crippen LogP contribution in [0.4, 0.5) is 11.4 Å². The van der Waals surface area contributed by atoms with Crippen LogP contribution in [-0.4, -0.2) is 54.5 Å². The van der Waals surface area contributed by atoms with Crippen molar-refractivity contribution in [2.45, 2.75) is 25.7 Å². The van der Waals surface area contributed by atoms with E-state index in [9.17, 15) is 4.79 Å². The van der Waals surface area contributed by atoms with Crippen molar-refractivity contribution in [3.8, 4) is 0 Å². The Balaban J connectivity index is 1.39. The highest BCUT2D eigenvalue weighted by Crippen LogP contribution is 2.48. The normalized spacial score (nSPS) is 18.5. The summed E-state index contributed by atoms with van der Waals surface area (Å²) in [5, 5.41) is 10.9. The summed E-state index contributed by atoms with van der Waals surface area (Å²) in [6.07, 6.45) is 3.62. The van der Waals surface area contributed by atoms with Crippen LogP contribution in [0.15, 0.2) is 28.9 Å². The molecule has 1 aliphatic carbocycles. The van der Waals surface area contributed by atoms with Gasteiger partial charge in [-0.05, 0) is 31.0 Å². The minimum absolute atomic E-state index is 0.247. The van der Waals surface area contributed by atoms with Crippen LogP contribution in [0.2, 0.25) is 0 Å². The third kappa shape index (κ3) is 4.15. The fourth-order valence-corrected chi connectivity index (χ4v) is 3.36. The molecule has 2 aliphatic rings. The third-order valence-electron chi connectivity index (χ3n) is 4.91. The van der Waals surface area contributed by atoms with Gasteiger partial charge in [0.25, 0.3) is 5.91 Å². The monoisotopic (exact) mass is 435 g/mol. The third-order valence-corrected chi connectivity index (χ3v) is 5.40. The van der Waals surface area contributed by atoms with E-state index < -0.39 is 0 Å². The number of halogens is 1. The maximum absolute atomic E-state index is 12.6. The number of hydrogen-bond acceptors (Lipinski definition) is 6. The summed E-state index contributed by atoms with van der Waals surface area (Å²) in [5.41, 5.74) is 2.11. The van der Waals surface area contributed by atoms with Crippen molar-refractivity contribution in [2.24, 2.45) is 5.41 Å². The number of aromatic nitrogens is 3. The molecule has 1 saturated heterocycles. The highest BCUT2D eigenvalue weighted by molar-refractivity contribution is 9.10. The van der Waals surface area contributed by atoms with Gasteiger partial charge < -0.3 is 19.7 Å². The van der Waals surface area contributed by atoms with Gasteiger partial charge in [0.05, 0.1) is 37.3 Å². The predicted molar refractivity (Wildman–Crippen MR) is 104 cm³/mol. The molecule has 144 valence electrons. The zero-order chi connectivity index (χ0) is 19.0. The highest BCUT2D eigenvalue weighted by Gasteiger charge is 2.46. The Kier molecular flexibility index (Phi) is 4.92. The molecule has 2 fully saturated rings. The molecule has 1 aromatic heterocycles. The lowest BCUT2D eigenvalue weighted by Gasteiger charge is -2.29. The van der Waals surface area contributed by atoms with E-state index in [-0.39, 0.29) is 23.3 Å². The quantitative estimate of drug-likeness (QED) is 0.776. The lowest BCUT2D eigenvalue weighted by molar-refractivity contribution is -0.213. The average Bonchev–Trinajstić information content (AvgIpc) is 3.23. The standard InChI is InChI=1S/C18H22BrN5O3/c1-23(2)15-7-12(19)3-4-13(15)20-17(25)14-8-24(22-21-14)9-16-26-10-18(5-6-18)11-27-16/h3-4,7-8,16H,5-6,9-11H2,1-2H3,(H,20,25). The highest BCUT2D eigenvalue weighted by atomic mass is 79.9. The van der Waals surface area contributed by atoms with Crippen molar-refractivity contribution in [1.29, 1.82) is 0 Å². The summed E-state index contributed by atoms with van der Waals surface area (Å²) in [7, 11) is 3.84. The van der Waals surface area contributed by atoms with Crippen molar-refractivity contribution in [2.75, 3.05) is 37.5 Å². The Bertz CT molecular complexity index is 839. The molecule has 1 N–H and O–H groups in total. The largest absolute Gasteiger partial charge is 0.376 e. The molecule has 0 atom stereocenters. The van der Waals surface area contributed by atoms with Crippen LogP contribution in [0, 0.1) is 5.41 Å². The van der Waals surface area contributed by atoms with Gasteiger partial charge in [-0.3, -0.25) is 4.79 Å². The minimum Gasteiger partial charge on any atom is -0.376 e. The van der Waals surface area contributed by atoms with E-state index in [0.717, 1.165) is 23.4 Å². The van der Waals surface area contributed by atoms with Crippen molar-refractivity contribution in [3.05, 3.63) is 34.6 Å². The van der Waals surface area contributed by atoms with Crippen molar-refractivity contribution < 1.29 is 14.3 Å². The van der Waals surface area contributed by atoms with Gasteiger partial charge >= 0.3 is 0 Å². The van der Waals surface area contributed by atoms with Gasteiger partial charge in [0.15, 0.2) is 12.0 Å². The summed E-state index contributed by atoms with van der Waals surface area (Å²) >= 11 is 3.45. The average molecular weight is 436 g/mol. The number of rotatable bonds is 5. The first-order chi connectivity index (χ1) is 12.9. The summed E-state index contributed by atoms with van der Waals surface area (Å²) in [6.45, 7) is 1.88. The molecule has 1 amide bonds. The van der Waals surface area contributed by atoms with Gasteiger partial charge in [0, 0.05) is 24.0 Å². The smallest absolute Gasteiger partial charge is 0.277 e. The first kappa shape index (κ1) is 18.4. The van der Waals surface area contributed by atoms with E-state index in [0.29, 0.717) is 12.2 Å². The number of ether oxygens (including phenoxy) is 2. The second-order valence-corrected chi connectivity index (χ2v) is 8.30. The van der Waals surface area contributed by atoms with E-state index in [4.69, 9.17) is 9.47 Å². The second-order valence-electron chi connectivity index (χ2n) is 7.39. The lowest BCUT2D eigenvalue weighted by Crippen LogP contribution is -2.36. The second kappa shape index (κ2) is 7.21. The summed E-state index contributed by atoms with van der Waals surface area (Å²) in [6, 6.07) is 5.67. The molecule has 0 unspecified atom stereocenters. The van der Waals surface area contributed by atoms with Crippen LogP contribution >= 0.6 is 15.9 Å². The van der Waals surface area contributed by atoms with Gasteiger partial charge in [0.1, 0.15) is 0 Å². The minimum atomic E-state index is -0.347. The number of carbonyl (C=O) groups is 1. The van der Waals surface area contributed by atoms with Crippen molar-refractivity contribution in [1.82, 2.24) is 15.0 Å². The number of benzene rings is 1. The Morgan fingerprint density at radius 1 is 1.37 bits per heavy atom. The maximum Gasteiger partial charge on any atom is 0.277 e. The summed E-state index contributed by atoms with van der Waals surface area (Å²) < 4.78 is 14.0. The zero-order valence-corrected chi connectivity index (χ0v) is 16.9. The molecule has 0 radical (unpaired) electrons. The SMILES string of the molecule is CN(C)c1cc(Br)ccc1NC(=O)c1cn(CC2OCC3(CC3)CO2)nn1. The predicted octanol–water partition coefficient (Wildman–Crippen LogP) is 2.51. The number of anilines is 2. The van der Waals surface area contributed by atoms with Crippen LogP contribution in [0.1, 0.15) is 23.3 Å². The molecule has 1 saturated carbocycles. The van der Waals surface area contributed by atoms with Crippen LogP contribution in [0.5, 0.6) is 0 Å². The molecule has 2 aromatic rings. The van der Waals surface area contributed by atoms with Gasteiger partial charge in [-0.15, -0.1) is 5.10 Å². The van der Waals surface area contributed by atoms with E-state index in [1.165, 1.54) is 12.8 Å². The van der Waals surface area contributed by atoms with Gasteiger partial charge in [0.2, 0.25) is 0 Å². The Labute approximate surface area is 165 Å². The molecule has 1 aromatic carbocycles. The molecular weight excluding hydrogens is 414 g/mol. The molecule has 4 rings (SSSR count). The molecule has 1 spiro atoms. The molecule has 8 nitrogen and oxygen atoms in total. The van der Waals surface area contributed by atoms with E-state index in [1.807, 2.05) is 37.2 Å². The molecule has 9 heteroatoms. The number of amides is 1. The van der Waals surface area contributed by atoms with Crippen LogP contribution in [0.25, 0.3) is 0 Å². The summed E-state index contributed by atoms with van der Waals surface area (Å²) in [4.78, 5) is 14.5. The molecular formula is C18H22BrN5O3. The van der Waals surface area contributed by atoms with E-state index in [2.05, 4.69) is 31.6 Å². The molecule has 1 aliphatic heterocycles.